The Labute approximate surface area is 135 Å². The van der Waals surface area contributed by atoms with Gasteiger partial charge in [-0.05, 0) is 12.1 Å². The third kappa shape index (κ3) is 3.81. The van der Waals surface area contributed by atoms with Gasteiger partial charge in [-0.15, -0.1) is 0 Å². The Kier molecular flexibility index (Phi) is 4.89. The van der Waals surface area contributed by atoms with Crippen LogP contribution in [0, 0.1) is 0 Å². The molecule has 0 atom stereocenters. The summed E-state index contributed by atoms with van der Waals surface area (Å²) in [7, 11) is 2.57. The molecule has 0 amide bonds. The number of anilines is 2. The molecule has 1 N–H and O–H groups in total. The number of hydrogen-bond donors (Lipinski definition) is 1. The molecule has 0 saturated carbocycles. The van der Waals surface area contributed by atoms with E-state index in [2.05, 4.69) is 14.7 Å². The van der Waals surface area contributed by atoms with Crippen molar-refractivity contribution in [1.29, 1.82) is 0 Å². The van der Waals surface area contributed by atoms with Crippen molar-refractivity contribution < 1.29 is 17.9 Å². The van der Waals surface area contributed by atoms with Crippen LogP contribution in [-0.4, -0.2) is 46.7 Å². The SMILES string of the molecule is COc1ccc(OC)c(S(=O)(=O)Nc2cnc(N(C)C)nc2)c1. The Morgan fingerprint density at radius 1 is 1.09 bits per heavy atom. The molecule has 0 aliphatic carbocycles. The fraction of sp³-hybridized carbons (Fsp3) is 0.286. The maximum Gasteiger partial charge on any atom is 0.265 e. The minimum Gasteiger partial charge on any atom is -0.497 e. The fourth-order valence-corrected chi connectivity index (χ4v) is 3.02. The van der Waals surface area contributed by atoms with E-state index in [9.17, 15) is 8.42 Å². The first-order chi connectivity index (χ1) is 10.9. The third-order valence-electron chi connectivity index (χ3n) is 2.95. The zero-order chi connectivity index (χ0) is 17.0. The summed E-state index contributed by atoms with van der Waals surface area (Å²) in [6, 6.07) is 4.53. The van der Waals surface area contributed by atoms with Crippen LogP contribution in [0.5, 0.6) is 11.5 Å². The lowest BCUT2D eigenvalue weighted by molar-refractivity contribution is 0.392. The highest BCUT2D eigenvalue weighted by atomic mass is 32.2. The predicted molar refractivity (Wildman–Crippen MR) is 86.7 cm³/mol. The summed E-state index contributed by atoms with van der Waals surface area (Å²) in [5.41, 5.74) is 0.250. The Balaban J connectivity index is 2.35. The molecule has 2 aromatic rings. The zero-order valence-corrected chi connectivity index (χ0v) is 14.1. The average Bonchev–Trinajstić information content (AvgIpc) is 2.54. The van der Waals surface area contributed by atoms with E-state index in [1.807, 2.05) is 0 Å². The molecule has 23 heavy (non-hydrogen) atoms. The molecule has 0 fully saturated rings. The van der Waals surface area contributed by atoms with Crippen LogP contribution in [0.3, 0.4) is 0 Å². The number of hydrogen-bond acceptors (Lipinski definition) is 7. The van der Waals surface area contributed by atoms with Crippen LogP contribution in [-0.2, 0) is 10.0 Å². The minimum absolute atomic E-state index is 0.0314. The van der Waals surface area contributed by atoms with Crippen molar-refractivity contribution in [3.8, 4) is 11.5 Å². The van der Waals surface area contributed by atoms with Gasteiger partial charge in [-0.3, -0.25) is 4.72 Å². The molecule has 0 spiro atoms. The maximum atomic E-state index is 12.6. The smallest absolute Gasteiger partial charge is 0.265 e. The third-order valence-corrected chi connectivity index (χ3v) is 4.35. The van der Waals surface area contributed by atoms with Gasteiger partial charge in [0.05, 0.1) is 32.3 Å². The van der Waals surface area contributed by atoms with Gasteiger partial charge in [0.15, 0.2) is 0 Å². The summed E-state index contributed by atoms with van der Waals surface area (Å²) < 4.78 is 37.7. The minimum atomic E-state index is -3.87. The van der Waals surface area contributed by atoms with Crippen molar-refractivity contribution in [2.45, 2.75) is 4.90 Å². The van der Waals surface area contributed by atoms with Crippen molar-refractivity contribution in [3.63, 3.8) is 0 Å². The van der Waals surface area contributed by atoms with Gasteiger partial charge in [-0.1, -0.05) is 0 Å². The molecular formula is C14H18N4O4S. The molecule has 0 unspecified atom stereocenters. The summed E-state index contributed by atoms with van der Waals surface area (Å²) >= 11 is 0. The molecule has 8 nitrogen and oxygen atoms in total. The number of benzene rings is 1. The molecule has 0 aliphatic heterocycles. The van der Waals surface area contributed by atoms with Crippen molar-refractivity contribution in [1.82, 2.24) is 9.97 Å². The van der Waals surface area contributed by atoms with E-state index in [0.717, 1.165) is 0 Å². The first-order valence-electron chi connectivity index (χ1n) is 6.61. The van der Waals surface area contributed by atoms with E-state index in [-0.39, 0.29) is 16.3 Å². The van der Waals surface area contributed by atoms with Crippen molar-refractivity contribution in [2.75, 3.05) is 37.9 Å². The number of sulfonamides is 1. The fourth-order valence-electron chi connectivity index (χ4n) is 1.81. The van der Waals surface area contributed by atoms with Crippen LogP contribution in [0.25, 0.3) is 0 Å². The quantitative estimate of drug-likeness (QED) is 0.850. The van der Waals surface area contributed by atoms with E-state index in [0.29, 0.717) is 11.7 Å². The highest BCUT2D eigenvalue weighted by Gasteiger charge is 2.21. The maximum absolute atomic E-state index is 12.6. The van der Waals surface area contributed by atoms with E-state index >= 15 is 0 Å². The van der Waals surface area contributed by atoms with Crippen molar-refractivity contribution in [3.05, 3.63) is 30.6 Å². The number of aromatic nitrogens is 2. The Morgan fingerprint density at radius 2 is 1.74 bits per heavy atom. The molecule has 9 heteroatoms. The standard InChI is InChI=1S/C14H18N4O4S/c1-18(2)14-15-8-10(9-16-14)17-23(19,20)13-7-11(21-3)5-6-12(13)22-4/h5-9,17H,1-4H3. The van der Waals surface area contributed by atoms with E-state index in [1.54, 1.807) is 25.1 Å². The van der Waals surface area contributed by atoms with Crippen LogP contribution < -0.4 is 19.1 Å². The van der Waals surface area contributed by atoms with Gasteiger partial charge in [0.1, 0.15) is 16.4 Å². The van der Waals surface area contributed by atoms with Gasteiger partial charge in [-0.25, -0.2) is 18.4 Å². The largest absolute Gasteiger partial charge is 0.497 e. The Bertz CT molecular complexity index is 776. The van der Waals surface area contributed by atoms with Crippen LogP contribution in [0.15, 0.2) is 35.5 Å². The summed E-state index contributed by atoms with van der Waals surface area (Å²) in [5.74, 6) is 1.10. The Hall–Kier alpha value is -2.55. The molecule has 0 bridgehead atoms. The molecule has 124 valence electrons. The van der Waals surface area contributed by atoms with Crippen LogP contribution in [0.2, 0.25) is 0 Å². The second-order valence-corrected chi connectivity index (χ2v) is 6.44. The molecule has 0 radical (unpaired) electrons. The van der Waals surface area contributed by atoms with Crippen LogP contribution in [0.1, 0.15) is 0 Å². The van der Waals surface area contributed by atoms with E-state index in [4.69, 9.17) is 9.47 Å². The molecule has 0 aliphatic rings. The predicted octanol–water partition coefficient (Wildman–Crippen LogP) is 1.36. The zero-order valence-electron chi connectivity index (χ0n) is 13.3. The van der Waals surface area contributed by atoms with Gasteiger partial charge in [0.25, 0.3) is 10.0 Å². The second-order valence-electron chi connectivity index (χ2n) is 4.79. The molecule has 0 saturated heterocycles. The summed E-state index contributed by atoms with van der Waals surface area (Å²) in [5, 5.41) is 0. The topological polar surface area (TPSA) is 93.6 Å². The lowest BCUT2D eigenvalue weighted by Crippen LogP contribution is -2.16. The lowest BCUT2D eigenvalue weighted by atomic mass is 10.3. The summed E-state index contributed by atoms with van der Waals surface area (Å²) in [6.45, 7) is 0. The molecular weight excluding hydrogens is 320 g/mol. The van der Waals surface area contributed by atoms with Gasteiger partial charge in [-0.2, -0.15) is 0 Å². The molecule has 1 heterocycles. The van der Waals surface area contributed by atoms with Crippen LogP contribution >= 0.6 is 0 Å². The van der Waals surface area contributed by atoms with Gasteiger partial charge in [0, 0.05) is 20.2 Å². The molecule has 1 aromatic carbocycles. The van der Waals surface area contributed by atoms with E-state index < -0.39 is 10.0 Å². The number of nitrogens with zero attached hydrogens (tertiary/aromatic N) is 3. The van der Waals surface area contributed by atoms with Crippen molar-refractivity contribution >= 4 is 21.7 Å². The highest BCUT2D eigenvalue weighted by Crippen LogP contribution is 2.29. The van der Waals surface area contributed by atoms with Crippen molar-refractivity contribution in [2.24, 2.45) is 0 Å². The van der Waals surface area contributed by atoms with Gasteiger partial charge >= 0.3 is 0 Å². The second kappa shape index (κ2) is 6.69. The summed E-state index contributed by atoms with van der Waals surface area (Å²) in [6.07, 6.45) is 2.79. The Morgan fingerprint density at radius 3 is 2.26 bits per heavy atom. The molecule has 1 aromatic heterocycles. The average molecular weight is 338 g/mol. The number of nitrogens with one attached hydrogen (secondary N) is 1. The molecule has 2 rings (SSSR count). The van der Waals surface area contributed by atoms with Gasteiger partial charge < -0.3 is 14.4 Å². The summed E-state index contributed by atoms with van der Waals surface area (Å²) in [4.78, 5) is 9.81. The normalized spacial score (nSPS) is 11.0. The number of ether oxygens (including phenoxy) is 2. The van der Waals surface area contributed by atoms with Crippen LogP contribution in [0.4, 0.5) is 11.6 Å². The van der Waals surface area contributed by atoms with E-state index in [1.165, 1.54) is 38.7 Å². The first-order valence-corrected chi connectivity index (χ1v) is 8.10. The highest BCUT2D eigenvalue weighted by molar-refractivity contribution is 7.92. The lowest BCUT2D eigenvalue weighted by Gasteiger charge is -2.13. The number of rotatable bonds is 6. The first kappa shape index (κ1) is 16.8. The van der Waals surface area contributed by atoms with Gasteiger partial charge in [0.2, 0.25) is 5.95 Å². The number of methoxy groups -OCH3 is 2. The monoisotopic (exact) mass is 338 g/mol.